The molecule has 0 saturated carbocycles. The van der Waals surface area contributed by atoms with Gasteiger partial charge < -0.3 is 29.4 Å². The Morgan fingerprint density at radius 2 is 1.97 bits per heavy atom. The van der Waals surface area contributed by atoms with Gasteiger partial charge >= 0.3 is 11.9 Å². The monoisotopic (exact) mass is 438 g/mol. The Bertz CT molecular complexity index is 1220. The molecule has 0 spiro atoms. The second kappa shape index (κ2) is 8.58. The second-order valence-corrected chi connectivity index (χ2v) is 7.43. The van der Waals surface area contributed by atoms with Crippen LogP contribution < -0.4 is 4.74 Å². The van der Waals surface area contributed by atoms with E-state index in [-0.39, 0.29) is 5.91 Å². The summed E-state index contributed by atoms with van der Waals surface area (Å²) in [4.78, 5) is 41.6. The molecule has 0 aliphatic carbocycles. The number of aryl methyl sites for hydroxylation is 1. The lowest BCUT2D eigenvalue weighted by Crippen LogP contribution is -2.37. The number of carbonyl (C=O) groups excluding carboxylic acids is 1. The minimum absolute atomic E-state index is 0.0986. The van der Waals surface area contributed by atoms with Gasteiger partial charge in [0.2, 0.25) is 0 Å². The molecular formula is C22H22N4O6. The van der Waals surface area contributed by atoms with Crippen LogP contribution in [0.1, 0.15) is 27.4 Å². The Labute approximate surface area is 182 Å². The number of H-pyrrole nitrogens is 1. The van der Waals surface area contributed by atoms with Gasteiger partial charge in [0, 0.05) is 41.9 Å². The van der Waals surface area contributed by atoms with Crippen molar-refractivity contribution in [1.29, 1.82) is 0 Å². The van der Waals surface area contributed by atoms with Gasteiger partial charge in [0.05, 0.1) is 36.2 Å². The van der Waals surface area contributed by atoms with Crippen LogP contribution in [0.5, 0.6) is 5.75 Å². The number of para-hydroxylation sites is 1. The summed E-state index contributed by atoms with van der Waals surface area (Å²) in [6, 6.07) is 5.99. The first-order valence-electron chi connectivity index (χ1n) is 10.1. The molecule has 1 aromatic carbocycles. The number of imidazole rings is 1. The largest absolute Gasteiger partial charge is 0.490 e. The lowest BCUT2D eigenvalue weighted by Gasteiger charge is -2.28. The molecule has 0 bridgehead atoms. The molecular weight excluding hydrogens is 416 g/mol. The number of nitrogens with one attached hydrogen (secondary N) is 1. The Morgan fingerprint density at radius 3 is 2.62 bits per heavy atom. The van der Waals surface area contributed by atoms with E-state index < -0.39 is 11.9 Å². The molecule has 3 aromatic rings. The molecule has 2 aromatic heterocycles. The van der Waals surface area contributed by atoms with Gasteiger partial charge in [0.1, 0.15) is 12.4 Å². The minimum Gasteiger partial charge on any atom is -0.490 e. The SMILES string of the molecule is Cc1[nH]cnc1CN1CCc2c(c3cccc4c3n2CCO4)C1=O.O=C(O)C=CC(=O)O. The van der Waals surface area contributed by atoms with E-state index in [4.69, 9.17) is 14.9 Å². The number of aliphatic carboxylic acids is 2. The van der Waals surface area contributed by atoms with E-state index in [9.17, 15) is 14.4 Å². The standard InChI is InChI=1S/C18H18N4O2.C4H4O4/c1-11-13(20-10-19-11)9-21-6-5-14-16(18(21)23)12-3-2-4-15-17(12)22(14)7-8-24-15;5-3(6)1-2-4(7)8/h2-4,10H,5-9H2,1H3,(H,19,20);1-2H,(H,5,6)(H,7,8). The molecule has 2 aliphatic heterocycles. The first kappa shape index (κ1) is 21.2. The molecule has 0 fully saturated rings. The predicted molar refractivity (Wildman–Crippen MR) is 114 cm³/mol. The molecule has 0 unspecified atom stereocenters. The highest BCUT2D eigenvalue weighted by atomic mass is 16.5. The third kappa shape index (κ3) is 3.94. The molecule has 0 saturated heterocycles. The molecule has 3 N–H and O–H groups in total. The summed E-state index contributed by atoms with van der Waals surface area (Å²) in [5.41, 5.74) is 5.02. The Kier molecular flexibility index (Phi) is 5.67. The molecule has 5 rings (SSSR count). The molecule has 0 atom stereocenters. The molecule has 32 heavy (non-hydrogen) atoms. The molecule has 4 heterocycles. The summed E-state index contributed by atoms with van der Waals surface area (Å²) in [7, 11) is 0. The third-order valence-electron chi connectivity index (χ3n) is 5.49. The van der Waals surface area contributed by atoms with Crippen LogP contribution in [-0.4, -0.2) is 60.6 Å². The highest BCUT2D eigenvalue weighted by Gasteiger charge is 2.33. The number of hydrogen-bond donors (Lipinski definition) is 3. The van der Waals surface area contributed by atoms with Gasteiger partial charge in [-0.05, 0) is 13.0 Å². The number of carbonyl (C=O) groups is 3. The Hall–Kier alpha value is -4.08. The Balaban J connectivity index is 0.000000265. The fourth-order valence-electron chi connectivity index (χ4n) is 4.06. The van der Waals surface area contributed by atoms with Gasteiger partial charge in [-0.25, -0.2) is 14.6 Å². The van der Waals surface area contributed by atoms with Crippen molar-refractivity contribution in [2.75, 3.05) is 13.2 Å². The first-order valence-corrected chi connectivity index (χ1v) is 10.1. The van der Waals surface area contributed by atoms with Gasteiger partial charge in [0.25, 0.3) is 5.91 Å². The van der Waals surface area contributed by atoms with Crippen molar-refractivity contribution in [3.63, 3.8) is 0 Å². The number of carboxylic acids is 2. The zero-order valence-electron chi connectivity index (χ0n) is 17.4. The zero-order valence-corrected chi connectivity index (χ0v) is 17.4. The van der Waals surface area contributed by atoms with E-state index in [0.717, 1.165) is 58.8 Å². The third-order valence-corrected chi connectivity index (χ3v) is 5.49. The number of benzene rings is 1. The van der Waals surface area contributed by atoms with Crippen molar-refractivity contribution in [3.05, 3.63) is 59.3 Å². The summed E-state index contributed by atoms with van der Waals surface area (Å²) in [6.07, 6.45) is 3.67. The zero-order chi connectivity index (χ0) is 22.8. The highest BCUT2D eigenvalue weighted by Crippen LogP contribution is 2.38. The average Bonchev–Trinajstić information content (AvgIpc) is 3.32. The number of hydrogen-bond acceptors (Lipinski definition) is 5. The minimum atomic E-state index is -1.26. The van der Waals surface area contributed by atoms with E-state index >= 15 is 0 Å². The van der Waals surface area contributed by atoms with Gasteiger partial charge in [0.15, 0.2) is 0 Å². The number of ether oxygens (including phenoxy) is 1. The van der Waals surface area contributed by atoms with Crippen molar-refractivity contribution in [3.8, 4) is 5.75 Å². The maximum Gasteiger partial charge on any atom is 0.328 e. The van der Waals surface area contributed by atoms with Gasteiger partial charge in [-0.3, -0.25) is 4.79 Å². The number of rotatable bonds is 4. The Morgan fingerprint density at radius 1 is 1.22 bits per heavy atom. The summed E-state index contributed by atoms with van der Waals surface area (Å²) < 4.78 is 8.05. The van der Waals surface area contributed by atoms with Gasteiger partial charge in [-0.1, -0.05) is 12.1 Å². The maximum absolute atomic E-state index is 13.2. The summed E-state index contributed by atoms with van der Waals surface area (Å²) >= 11 is 0. The van der Waals surface area contributed by atoms with E-state index in [1.807, 2.05) is 30.0 Å². The molecule has 166 valence electrons. The number of nitrogens with zero attached hydrogens (tertiary/aromatic N) is 3. The number of fused-ring (bicyclic) bond motifs is 3. The summed E-state index contributed by atoms with van der Waals surface area (Å²) in [5, 5.41) is 16.6. The molecule has 2 aliphatic rings. The summed E-state index contributed by atoms with van der Waals surface area (Å²) in [6.45, 7) is 4.74. The van der Waals surface area contributed by atoms with E-state index in [1.165, 1.54) is 0 Å². The van der Waals surface area contributed by atoms with E-state index in [1.54, 1.807) is 6.33 Å². The number of amides is 1. The van der Waals surface area contributed by atoms with Crippen molar-refractivity contribution < 1.29 is 29.3 Å². The van der Waals surface area contributed by atoms with Crippen molar-refractivity contribution in [2.24, 2.45) is 0 Å². The maximum atomic E-state index is 13.2. The number of carboxylic acid groups (broad SMARTS) is 2. The average molecular weight is 438 g/mol. The van der Waals surface area contributed by atoms with Crippen LogP contribution >= 0.6 is 0 Å². The van der Waals surface area contributed by atoms with Crippen LogP contribution in [0.15, 0.2) is 36.7 Å². The number of aromatic nitrogens is 3. The first-order chi connectivity index (χ1) is 15.4. The van der Waals surface area contributed by atoms with Gasteiger partial charge in [-0.15, -0.1) is 0 Å². The van der Waals surface area contributed by atoms with E-state index in [0.29, 0.717) is 25.3 Å². The van der Waals surface area contributed by atoms with Crippen molar-refractivity contribution >= 4 is 28.7 Å². The fourth-order valence-corrected chi connectivity index (χ4v) is 4.06. The van der Waals surface area contributed by atoms with Crippen molar-refractivity contribution in [2.45, 2.75) is 26.4 Å². The summed E-state index contributed by atoms with van der Waals surface area (Å²) in [5.74, 6) is -1.53. The lowest BCUT2D eigenvalue weighted by molar-refractivity contribution is -0.134. The van der Waals surface area contributed by atoms with Crippen LogP contribution in [0.4, 0.5) is 0 Å². The van der Waals surface area contributed by atoms with Crippen LogP contribution in [0, 0.1) is 6.92 Å². The normalized spacial score (nSPS) is 14.7. The number of aromatic amines is 1. The second-order valence-electron chi connectivity index (χ2n) is 7.43. The molecule has 10 nitrogen and oxygen atoms in total. The lowest BCUT2D eigenvalue weighted by atomic mass is 10.0. The smallest absolute Gasteiger partial charge is 0.328 e. The highest BCUT2D eigenvalue weighted by molar-refractivity contribution is 6.10. The quantitative estimate of drug-likeness (QED) is 0.530. The molecule has 0 radical (unpaired) electrons. The van der Waals surface area contributed by atoms with Crippen molar-refractivity contribution in [1.82, 2.24) is 19.4 Å². The van der Waals surface area contributed by atoms with Crippen LogP contribution in [0.25, 0.3) is 10.9 Å². The molecule has 10 heteroatoms. The molecule has 1 amide bonds. The van der Waals surface area contributed by atoms with Crippen LogP contribution in [0.3, 0.4) is 0 Å². The topological polar surface area (TPSA) is 138 Å². The van der Waals surface area contributed by atoms with Crippen LogP contribution in [0.2, 0.25) is 0 Å². The van der Waals surface area contributed by atoms with Crippen LogP contribution in [-0.2, 0) is 29.1 Å². The fraction of sp³-hybridized carbons (Fsp3) is 0.273. The van der Waals surface area contributed by atoms with Gasteiger partial charge in [-0.2, -0.15) is 0 Å². The van der Waals surface area contributed by atoms with E-state index in [2.05, 4.69) is 14.5 Å². The predicted octanol–water partition coefficient (Wildman–Crippen LogP) is 1.98.